The number of nitro groups is 1. The van der Waals surface area contributed by atoms with Crippen molar-refractivity contribution in [2.45, 2.75) is 52.0 Å². The summed E-state index contributed by atoms with van der Waals surface area (Å²) in [5.41, 5.74) is 5.11. The fourth-order valence-electron chi connectivity index (χ4n) is 2.04. The zero-order valence-electron chi connectivity index (χ0n) is 12.5. The molecule has 0 aliphatic rings. The van der Waals surface area contributed by atoms with Gasteiger partial charge >= 0.3 is 0 Å². The molecule has 1 unspecified atom stereocenters. The molecule has 0 saturated carbocycles. The first-order valence-electron chi connectivity index (χ1n) is 7.16. The lowest BCUT2D eigenvalue weighted by molar-refractivity contribution is -0.385. The number of rotatable bonds is 8. The molecule has 116 valence electrons. The Morgan fingerprint density at radius 2 is 2.19 bits per heavy atom. The number of nitrogens with two attached hydrogens (primary N) is 1. The van der Waals surface area contributed by atoms with Gasteiger partial charge in [-0.3, -0.25) is 14.9 Å². The summed E-state index contributed by atoms with van der Waals surface area (Å²) in [6.45, 7) is 4.03. The lowest BCUT2D eigenvalue weighted by atomic mass is 10.1. The summed E-state index contributed by atoms with van der Waals surface area (Å²) < 4.78 is 0. The molecule has 0 spiro atoms. The van der Waals surface area contributed by atoms with Gasteiger partial charge in [0.1, 0.15) is 17.6 Å². The predicted molar refractivity (Wildman–Crippen MR) is 81.0 cm³/mol. The summed E-state index contributed by atoms with van der Waals surface area (Å²) >= 11 is 0. The highest BCUT2D eigenvalue weighted by Gasteiger charge is 2.22. The number of pyridine rings is 1. The van der Waals surface area contributed by atoms with Gasteiger partial charge in [-0.2, -0.15) is 0 Å². The van der Waals surface area contributed by atoms with E-state index in [-0.39, 0.29) is 23.1 Å². The quantitative estimate of drug-likeness (QED) is 0.435. The lowest BCUT2D eigenvalue weighted by Crippen LogP contribution is -2.33. The van der Waals surface area contributed by atoms with Crippen LogP contribution in [-0.4, -0.2) is 21.9 Å². The number of nitrogens with zero attached hydrogens (tertiary/aromatic N) is 2. The molecule has 1 amide bonds. The van der Waals surface area contributed by atoms with Crippen molar-refractivity contribution < 1.29 is 9.72 Å². The van der Waals surface area contributed by atoms with Crippen molar-refractivity contribution in [2.24, 2.45) is 0 Å². The molecule has 0 aliphatic carbocycles. The third-order valence-corrected chi connectivity index (χ3v) is 3.21. The Bertz CT molecular complexity index is 505. The maximum absolute atomic E-state index is 12.1. The van der Waals surface area contributed by atoms with Crippen LogP contribution in [0.4, 0.5) is 11.5 Å². The van der Waals surface area contributed by atoms with E-state index >= 15 is 0 Å². The van der Waals surface area contributed by atoms with E-state index in [1.165, 1.54) is 12.5 Å². The minimum Gasteiger partial charge on any atom is -0.384 e. The van der Waals surface area contributed by atoms with Crippen LogP contribution in [0.3, 0.4) is 0 Å². The maximum atomic E-state index is 12.1. The molecule has 0 aliphatic heterocycles. The molecule has 1 heterocycles. The number of hydrogen-bond acceptors (Lipinski definition) is 5. The molecule has 1 rings (SSSR count). The average molecular weight is 294 g/mol. The number of nitrogens with one attached hydrogen (secondary N) is 1. The van der Waals surface area contributed by atoms with Crippen LogP contribution in [0.1, 0.15) is 56.3 Å². The van der Waals surface area contributed by atoms with Gasteiger partial charge in [0, 0.05) is 6.04 Å². The highest BCUT2D eigenvalue weighted by molar-refractivity contribution is 5.98. The molecule has 3 N–H and O–H groups in total. The molecule has 7 nitrogen and oxygen atoms in total. The van der Waals surface area contributed by atoms with Crippen LogP contribution in [-0.2, 0) is 0 Å². The summed E-state index contributed by atoms with van der Waals surface area (Å²) in [6, 6.07) is 1.19. The van der Waals surface area contributed by atoms with Crippen LogP contribution in [0.25, 0.3) is 0 Å². The number of unbranched alkanes of at least 4 members (excludes halogenated alkanes) is 3. The second kappa shape index (κ2) is 8.18. The lowest BCUT2D eigenvalue weighted by Gasteiger charge is -2.13. The molecule has 0 bridgehead atoms. The first-order valence-corrected chi connectivity index (χ1v) is 7.16. The van der Waals surface area contributed by atoms with Gasteiger partial charge in [-0.05, 0) is 19.4 Å². The number of amides is 1. The van der Waals surface area contributed by atoms with E-state index < -0.39 is 10.8 Å². The smallest absolute Gasteiger partial charge is 0.300 e. The van der Waals surface area contributed by atoms with Gasteiger partial charge in [0.2, 0.25) is 0 Å². The van der Waals surface area contributed by atoms with E-state index in [0.717, 1.165) is 31.9 Å². The van der Waals surface area contributed by atoms with E-state index in [2.05, 4.69) is 17.2 Å². The summed E-state index contributed by atoms with van der Waals surface area (Å²) in [7, 11) is 0. The van der Waals surface area contributed by atoms with Crippen LogP contribution < -0.4 is 11.1 Å². The minimum absolute atomic E-state index is 0.0386. The first-order chi connectivity index (χ1) is 9.95. The van der Waals surface area contributed by atoms with Gasteiger partial charge in [-0.15, -0.1) is 0 Å². The molecular weight excluding hydrogens is 272 g/mol. The monoisotopic (exact) mass is 294 g/mol. The van der Waals surface area contributed by atoms with Crippen molar-refractivity contribution in [1.29, 1.82) is 0 Å². The van der Waals surface area contributed by atoms with Crippen molar-refractivity contribution in [3.8, 4) is 0 Å². The van der Waals surface area contributed by atoms with E-state index in [9.17, 15) is 14.9 Å². The molecule has 0 radical (unpaired) electrons. The number of hydrogen-bond donors (Lipinski definition) is 2. The van der Waals surface area contributed by atoms with Crippen LogP contribution in [0.5, 0.6) is 0 Å². The van der Waals surface area contributed by atoms with E-state index in [1.807, 2.05) is 6.92 Å². The van der Waals surface area contributed by atoms with Crippen LogP contribution in [0, 0.1) is 10.1 Å². The third kappa shape index (κ3) is 5.37. The number of carbonyl (C=O) groups excluding carboxylic acids is 1. The molecule has 7 heteroatoms. The number of nitrogen functional groups attached to an aromatic ring is 1. The zero-order valence-corrected chi connectivity index (χ0v) is 12.5. The molecule has 1 aromatic heterocycles. The summed E-state index contributed by atoms with van der Waals surface area (Å²) in [6.07, 6.45) is 6.33. The standard InChI is InChI=1S/C14H22N4O3/c1-3-4-5-6-7-10(2)17-14(19)11-8-13(15)16-9-12(11)18(20)21/h8-10H,3-7H2,1-2H3,(H2,15,16)(H,17,19). The summed E-state index contributed by atoms with van der Waals surface area (Å²) in [5.74, 6) is -0.403. The SMILES string of the molecule is CCCCCCC(C)NC(=O)c1cc(N)ncc1[N+](=O)[O-]. The fourth-order valence-corrected chi connectivity index (χ4v) is 2.04. The van der Waals surface area contributed by atoms with E-state index in [0.29, 0.717) is 0 Å². The highest BCUT2D eigenvalue weighted by Crippen LogP contribution is 2.19. The number of aromatic nitrogens is 1. The highest BCUT2D eigenvalue weighted by atomic mass is 16.6. The van der Waals surface area contributed by atoms with Crippen LogP contribution in [0.15, 0.2) is 12.3 Å². The largest absolute Gasteiger partial charge is 0.384 e. The summed E-state index contributed by atoms with van der Waals surface area (Å²) in [4.78, 5) is 26.1. The molecule has 0 fully saturated rings. The maximum Gasteiger partial charge on any atom is 0.300 e. The van der Waals surface area contributed by atoms with Crippen molar-refractivity contribution in [1.82, 2.24) is 10.3 Å². The Labute approximate surface area is 124 Å². The van der Waals surface area contributed by atoms with Gasteiger partial charge in [-0.25, -0.2) is 4.98 Å². The van der Waals surface area contributed by atoms with Gasteiger partial charge in [0.25, 0.3) is 11.6 Å². The average Bonchev–Trinajstić information content (AvgIpc) is 2.43. The Kier molecular flexibility index (Phi) is 6.58. The number of anilines is 1. The molecule has 1 aromatic rings. The predicted octanol–water partition coefficient (Wildman–Crippen LogP) is 2.66. The Morgan fingerprint density at radius 3 is 2.81 bits per heavy atom. The van der Waals surface area contributed by atoms with Crippen molar-refractivity contribution in [3.63, 3.8) is 0 Å². The molecular formula is C14H22N4O3. The zero-order chi connectivity index (χ0) is 15.8. The Hall–Kier alpha value is -2.18. The second-order valence-electron chi connectivity index (χ2n) is 5.11. The Morgan fingerprint density at radius 1 is 1.48 bits per heavy atom. The van der Waals surface area contributed by atoms with Crippen molar-refractivity contribution >= 4 is 17.4 Å². The topological polar surface area (TPSA) is 111 Å². The van der Waals surface area contributed by atoms with E-state index in [4.69, 9.17) is 5.73 Å². The van der Waals surface area contributed by atoms with Crippen molar-refractivity contribution in [2.75, 3.05) is 5.73 Å². The Balaban J connectivity index is 2.66. The van der Waals surface area contributed by atoms with Gasteiger partial charge in [0.15, 0.2) is 0 Å². The van der Waals surface area contributed by atoms with Crippen LogP contribution in [0.2, 0.25) is 0 Å². The van der Waals surface area contributed by atoms with Crippen molar-refractivity contribution in [3.05, 3.63) is 27.9 Å². The number of carbonyl (C=O) groups is 1. The first kappa shape index (κ1) is 16.9. The van der Waals surface area contributed by atoms with Gasteiger partial charge in [-0.1, -0.05) is 32.6 Å². The van der Waals surface area contributed by atoms with E-state index in [1.54, 1.807) is 0 Å². The molecule has 1 atom stereocenters. The minimum atomic E-state index is -0.632. The molecule has 0 aromatic carbocycles. The normalized spacial score (nSPS) is 11.9. The van der Waals surface area contributed by atoms with Gasteiger partial charge < -0.3 is 11.1 Å². The fraction of sp³-hybridized carbons (Fsp3) is 0.571. The third-order valence-electron chi connectivity index (χ3n) is 3.21. The van der Waals surface area contributed by atoms with Crippen LogP contribution >= 0.6 is 0 Å². The molecule has 21 heavy (non-hydrogen) atoms. The summed E-state index contributed by atoms with van der Waals surface area (Å²) in [5, 5.41) is 13.7. The second-order valence-corrected chi connectivity index (χ2v) is 5.11. The molecule has 0 saturated heterocycles. The van der Waals surface area contributed by atoms with Gasteiger partial charge in [0.05, 0.1) is 4.92 Å².